The summed E-state index contributed by atoms with van der Waals surface area (Å²) in [5.74, 6) is 0. The van der Waals surface area contributed by atoms with Crippen molar-refractivity contribution in [2.75, 3.05) is 23.7 Å². The van der Waals surface area contributed by atoms with Crippen molar-refractivity contribution >= 4 is 21.4 Å². The maximum atomic E-state index is 12.3. The molecule has 2 aromatic rings. The Bertz CT molecular complexity index is 695. The second kappa shape index (κ2) is 5.54. The van der Waals surface area contributed by atoms with E-state index in [0.717, 1.165) is 11.3 Å². The molecule has 0 radical (unpaired) electrons. The first kappa shape index (κ1) is 14.4. The molecule has 0 saturated carbocycles. The van der Waals surface area contributed by atoms with Crippen LogP contribution in [0.15, 0.2) is 53.4 Å². The zero-order valence-electron chi connectivity index (χ0n) is 11.8. The van der Waals surface area contributed by atoms with Gasteiger partial charge < -0.3 is 4.90 Å². The molecule has 0 heterocycles. The highest BCUT2D eigenvalue weighted by molar-refractivity contribution is 7.92. The van der Waals surface area contributed by atoms with Crippen molar-refractivity contribution in [3.05, 3.63) is 54.1 Å². The molecule has 0 saturated heterocycles. The number of sulfonamides is 1. The van der Waals surface area contributed by atoms with Crippen molar-refractivity contribution in [2.45, 2.75) is 11.8 Å². The fourth-order valence-electron chi connectivity index (χ4n) is 1.84. The third-order valence-electron chi connectivity index (χ3n) is 3.02. The van der Waals surface area contributed by atoms with E-state index in [0.29, 0.717) is 5.69 Å². The molecule has 5 heteroatoms. The van der Waals surface area contributed by atoms with E-state index in [-0.39, 0.29) is 4.90 Å². The van der Waals surface area contributed by atoms with E-state index in [1.165, 1.54) is 0 Å². The smallest absolute Gasteiger partial charge is 0.261 e. The van der Waals surface area contributed by atoms with E-state index in [9.17, 15) is 8.42 Å². The molecule has 106 valence electrons. The molecule has 20 heavy (non-hydrogen) atoms. The molecule has 0 amide bonds. The topological polar surface area (TPSA) is 49.4 Å². The molecule has 1 N–H and O–H groups in total. The SMILES string of the molecule is Cc1cc(N(C)C)ccc1NS(=O)(=O)c1ccccc1. The molecule has 4 nitrogen and oxygen atoms in total. The van der Waals surface area contributed by atoms with Crippen LogP contribution in [-0.2, 0) is 10.0 Å². The summed E-state index contributed by atoms with van der Waals surface area (Å²) in [5, 5.41) is 0. The van der Waals surface area contributed by atoms with Gasteiger partial charge in [-0.25, -0.2) is 8.42 Å². The van der Waals surface area contributed by atoms with Gasteiger partial charge in [0.2, 0.25) is 0 Å². The number of rotatable bonds is 4. The molecule has 0 aliphatic rings. The van der Waals surface area contributed by atoms with Crippen LogP contribution in [0, 0.1) is 6.92 Å². The third kappa shape index (κ3) is 3.11. The Labute approximate surface area is 120 Å². The third-order valence-corrected chi connectivity index (χ3v) is 4.41. The average molecular weight is 290 g/mol. The normalized spacial score (nSPS) is 11.2. The summed E-state index contributed by atoms with van der Waals surface area (Å²) >= 11 is 0. The van der Waals surface area contributed by atoms with Gasteiger partial charge in [-0.15, -0.1) is 0 Å². The van der Waals surface area contributed by atoms with Crippen LogP contribution in [-0.4, -0.2) is 22.5 Å². The van der Waals surface area contributed by atoms with Gasteiger partial charge >= 0.3 is 0 Å². The number of benzene rings is 2. The highest BCUT2D eigenvalue weighted by Crippen LogP contribution is 2.23. The van der Waals surface area contributed by atoms with Gasteiger partial charge in [0.1, 0.15) is 0 Å². The fourth-order valence-corrected chi connectivity index (χ4v) is 3.00. The number of nitrogens with zero attached hydrogens (tertiary/aromatic N) is 1. The molecule has 0 bridgehead atoms. The van der Waals surface area contributed by atoms with E-state index in [1.54, 1.807) is 36.4 Å². The lowest BCUT2D eigenvalue weighted by Crippen LogP contribution is -2.14. The van der Waals surface area contributed by atoms with Crippen LogP contribution in [0.3, 0.4) is 0 Å². The fraction of sp³-hybridized carbons (Fsp3) is 0.200. The van der Waals surface area contributed by atoms with Gasteiger partial charge in [-0.05, 0) is 42.8 Å². The summed E-state index contributed by atoms with van der Waals surface area (Å²) in [5.41, 5.74) is 2.51. The van der Waals surface area contributed by atoms with Gasteiger partial charge in [-0.1, -0.05) is 18.2 Å². The Kier molecular flexibility index (Phi) is 3.99. The van der Waals surface area contributed by atoms with Crippen LogP contribution in [0.4, 0.5) is 11.4 Å². The molecular formula is C15H18N2O2S. The first-order valence-corrected chi connectivity index (χ1v) is 7.74. The van der Waals surface area contributed by atoms with Gasteiger partial charge in [-0.2, -0.15) is 0 Å². The van der Waals surface area contributed by atoms with Crippen LogP contribution in [0.25, 0.3) is 0 Å². The number of hydrogen-bond acceptors (Lipinski definition) is 3. The Hall–Kier alpha value is -2.01. The summed E-state index contributed by atoms with van der Waals surface area (Å²) < 4.78 is 27.1. The molecule has 2 aromatic carbocycles. The van der Waals surface area contributed by atoms with Crippen molar-refractivity contribution in [3.63, 3.8) is 0 Å². The van der Waals surface area contributed by atoms with Crippen LogP contribution in [0.2, 0.25) is 0 Å². The molecular weight excluding hydrogens is 272 g/mol. The maximum absolute atomic E-state index is 12.3. The Balaban J connectivity index is 2.31. The van der Waals surface area contributed by atoms with Crippen molar-refractivity contribution in [1.29, 1.82) is 0 Å². The molecule has 0 unspecified atom stereocenters. The number of anilines is 2. The zero-order valence-corrected chi connectivity index (χ0v) is 12.6. The minimum absolute atomic E-state index is 0.260. The van der Waals surface area contributed by atoms with E-state index >= 15 is 0 Å². The molecule has 2 rings (SSSR count). The quantitative estimate of drug-likeness (QED) is 0.942. The minimum Gasteiger partial charge on any atom is -0.378 e. The maximum Gasteiger partial charge on any atom is 0.261 e. The van der Waals surface area contributed by atoms with Crippen LogP contribution in [0.5, 0.6) is 0 Å². The summed E-state index contributed by atoms with van der Waals surface area (Å²) in [6, 6.07) is 14.0. The van der Waals surface area contributed by atoms with Gasteiger partial charge in [0.05, 0.1) is 10.6 Å². The monoisotopic (exact) mass is 290 g/mol. The predicted octanol–water partition coefficient (Wildman–Crippen LogP) is 2.86. The summed E-state index contributed by atoms with van der Waals surface area (Å²) in [6.45, 7) is 1.88. The molecule has 0 atom stereocenters. The first-order valence-electron chi connectivity index (χ1n) is 6.26. The van der Waals surface area contributed by atoms with Gasteiger partial charge in [0, 0.05) is 19.8 Å². The Morgan fingerprint density at radius 2 is 1.65 bits per heavy atom. The molecule has 0 aliphatic carbocycles. The molecule has 0 fully saturated rings. The number of hydrogen-bond donors (Lipinski definition) is 1. The minimum atomic E-state index is -3.53. The summed E-state index contributed by atoms with van der Waals surface area (Å²) in [4.78, 5) is 2.23. The van der Waals surface area contributed by atoms with E-state index < -0.39 is 10.0 Å². The second-order valence-electron chi connectivity index (χ2n) is 4.81. The van der Waals surface area contributed by atoms with Crippen molar-refractivity contribution in [2.24, 2.45) is 0 Å². The van der Waals surface area contributed by atoms with Gasteiger partial charge in [0.15, 0.2) is 0 Å². The van der Waals surface area contributed by atoms with E-state index in [4.69, 9.17) is 0 Å². The lowest BCUT2D eigenvalue weighted by molar-refractivity contribution is 0.601. The Morgan fingerprint density at radius 1 is 1.00 bits per heavy atom. The van der Waals surface area contributed by atoms with Crippen molar-refractivity contribution < 1.29 is 8.42 Å². The summed E-state index contributed by atoms with van der Waals surface area (Å²) in [6.07, 6.45) is 0. The highest BCUT2D eigenvalue weighted by atomic mass is 32.2. The zero-order chi connectivity index (χ0) is 14.8. The molecule has 0 aromatic heterocycles. The van der Waals surface area contributed by atoms with Gasteiger partial charge in [-0.3, -0.25) is 4.72 Å². The second-order valence-corrected chi connectivity index (χ2v) is 6.49. The van der Waals surface area contributed by atoms with Crippen LogP contribution < -0.4 is 9.62 Å². The number of nitrogens with one attached hydrogen (secondary N) is 1. The molecule has 0 spiro atoms. The van der Waals surface area contributed by atoms with Gasteiger partial charge in [0.25, 0.3) is 10.0 Å². The number of aryl methyl sites for hydroxylation is 1. The first-order chi connectivity index (χ1) is 9.40. The Morgan fingerprint density at radius 3 is 2.20 bits per heavy atom. The summed E-state index contributed by atoms with van der Waals surface area (Å²) in [7, 11) is 0.361. The molecule has 0 aliphatic heterocycles. The largest absolute Gasteiger partial charge is 0.378 e. The highest BCUT2D eigenvalue weighted by Gasteiger charge is 2.14. The predicted molar refractivity (Wildman–Crippen MR) is 82.8 cm³/mol. The van der Waals surface area contributed by atoms with Crippen molar-refractivity contribution in [1.82, 2.24) is 0 Å². The lowest BCUT2D eigenvalue weighted by Gasteiger charge is -2.16. The lowest BCUT2D eigenvalue weighted by atomic mass is 10.2. The van der Waals surface area contributed by atoms with Crippen molar-refractivity contribution in [3.8, 4) is 0 Å². The van der Waals surface area contributed by atoms with Crippen LogP contribution in [0.1, 0.15) is 5.56 Å². The van der Waals surface area contributed by atoms with E-state index in [1.807, 2.05) is 38.1 Å². The standard InChI is InChI=1S/C15H18N2O2S/c1-12-11-13(17(2)3)9-10-15(12)16-20(18,19)14-7-5-4-6-8-14/h4-11,16H,1-3H3. The van der Waals surface area contributed by atoms with Crippen LogP contribution >= 0.6 is 0 Å². The van der Waals surface area contributed by atoms with E-state index in [2.05, 4.69) is 4.72 Å². The average Bonchev–Trinajstić information content (AvgIpc) is 2.41.